The maximum absolute atomic E-state index is 13.3. The van der Waals surface area contributed by atoms with E-state index in [4.69, 9.17) is 9.15 Å². The highest BCUT2D eigenvalue weighted by molar-refractivity contribution is 7.91. The van der Waals surface area contributed by atoms with E-state index >= 15 is 0 Å². The van der Waals surface area contributed by atoms with Crippen LogP contribution < -0.4 is 4.90 Å². The first-order valence-corrected chi connectivity index (χ1v) is 11.1. The van der Waals surface area contributed by atoms with Gasteiger partial charge in [-0.3, -0.25) is 0 Å². The molecule has 1 aliphatic heterocycles. The molecule has 0 spiro atoms. The first kappa shape index (κ1) is 18.2. The van der Waals surface area contributed by atoms with Crippen molar-refractivity contribution in [3.05, 3.63) is 47.8 Å². The zero-order valence-corrected chi connectivity index (χ0v) is 16.7. The Morgan fingerprint density at radius 2 is 1.78 bits per heavy atom. The van der Waals surface area contributed by atoms with E-state index in [1.54, 1.807) is 30.3 Å². The summed E-state index contributed by atoms with van der Waals surface area (Å²) in [6.07, 6.45) is -0.0624. The van der Waals surface area contributed by atoms with Crippen molar-refractivity contribution in [3.8, 4) is 10.8 Å². The quantitative estimate of drug-likeness (QED) is 0.658. The number of ether oxygens (including phenoxy) is 1. The molecule has 3 aromatic rings. The van der Waals surface area contributed by atoms with Crippen LogP contribution in [0.5, 0.6) is 0 Å². The Hall–Kier alpha value is -2.16. The molecule has 3 heterocycles. The van der Waals surface area contributed by atoms with Gasteiger partial charge in [0.05, 0.1) is 22.0 Å². The molecule has 1 aromatic carbocycles. The molecule has 8 heteroatoms. The number of thiophene rings is 1. The maximum Gasteiger partial charge on any atom is 0.240 e. The van der Waals surface area contributed by atoms with Crippen LogP contribution in [0.15, 0.2) is 62.2 Å². The van der Waals surface area contributed by atoms with E-state index in [0.717, 1.165) is 4.88 Å². The fraction of sp³-hybridized carbons (Fsp3) is 0.316. The van der Waals surface area contributed by atoms with Crippen molar-refractivity contribution in [1.29, 1.82) is 0 Å². The Kier molecular flexibility index (Phi) is 4.79. The second-order valence-corrected chi connectivity index (χ2v) is 9.40. The summed E-state index contributed by atoms with van der Waals surface area (Å²) in [5, 5.41) is 1.86. The number of morpholine rings is 1. The molecule has 0 bridgehead atoms. The van der Waals surface area contributed by atoms with Gasteiger partial charge in [-0.2, -0.15) is 4.98 Å². The molecule has 0 N–H and O–H groups in total. The molecule has 0 aliphatic carbocycles. The minimum absolute atomic E-state index is 0.0312. The normalized spacial score (nSPS) is 20.7. The van der Waals surface area contributed by atoms with Crippen molar-refractivity contribution >= 4 is 27.1 Å². The van der Waals surface area contributed by atoms with E-state index in [0.29, 0.717) is 19.0 Å². The van der Waals surface area contributed by atoms with Crippen LogP contribution in [0.4, 0.5) is 5.88 Å². The average Bonchev–Trinajstić information content (AvgIpc) is 3.31. The van der Waals surface area contributed by atoms with E-state index < -0.39 is 9.84 Å². The smallest absolute Gasteiger partial charge is 0.240 e. The minimum atomic E-state index is -3.81. The summed E-state index contributed by atoms with van der Waals surface area (Å²) >= 11 is 1.46. The lowest BCUT2D eigenvalue weighted by Crippen LogP contribution is -2.45. The number of hydrogen-bond donors (Lipinski definition) is 0. The Labute approximate surface area is 162 Å². The zero-order chi connectivity index (χ0) is 19.0. The first-order chi connectivity index (χ1) is 12.9. The monoisotopic (exact) mass is 404 g/mol. The molecule has 6 nitrogen and oxygen atoms in total. The second-order valence-electron chi connectivity index (χ2n) is 6.59. The van der Waals surface area contributed by atoms with Crippen molar-refractivity contribution in [2.75, 3.05) is 18.0 Å². The van der Waals surface area contributed by atoms with Crippen LogP contribution in [0.2, 0.25) is 0 Å². The van der Waals surface area contributed by atoms with E-state index in [1.807, 2.05) is 36.3 Å². The summed E-state index contributed by atoms with van der Waals surface area (Å²) in [4.78, 5) is 7.31. The molecule has 0 unspecified atom stereocenters. The van der Waals surface area contributed by atoms with Gasteiger partial charge in [0.2, 0.25) is 26.6 Å². The van der Waals surface area contributed by atoms with Gasteiger partial charge in [-0.15, -0.1) is 11.3 Å². The number of hydrogen-bond acceptors (Lipinski definition) is 7. The second kappa shape index (κ2) is 7.10. The third-order valence-corrected chi connectivity index (χ3v) is 6.85. The van der Waals surface area contributed by atoms with Crippen molar-refractivity contribution in [2.45, 2.75) is 36.0 Å². The maximum atomic E-state index is 13.3. The predicted molar refractivity (Wildman–Crippen MR) is 104 cm³/mol. The molecule has 142 valence electrons. The zero-order valence-electron chi connectivity index (χ0n) is 15.0. The molecule has 1 saturated heterocycles. The van der Waals surface area contributed by atoms with Gasteiger partial charge >= 0.3 is 0 Å². The standard InChI is InChI=1S/C19H20N2O4S2/c1-13-11-21(12-14(2)24-13)19-18(20-17(25-19)16-9-6-10-26-16)27(22,23)15-7-4-3-5-8-15/h3-10,13-14H,11-12H2,1-2H3/t13-,14-/m1/s1. The molecule has 4 rings (SSSR count). The van der Waals surface area contributed by atoms with Crippen molar-refractivity contribution in [2.24, 2.45) is 0 Å². The van der Waals surface area contributed by atoms with Gasteiger partial charge < -0.3 is 14.1 Å². The van der Waals surface area contributed by atoms with E-state index in [-0.39, 0.29) is 28.0 Å². The predicted octanol–water partition coefficient (Wildman–Crippen LogP) is 3.85. The lowest BCUT2D eigenvalue weighted by molar-refractivity contribution is -0.00657. The molecule has 1 fully saturated rings. The Balaban J connectivity index is 1.84. The molecular formula is C19H20N2O4S2. The third-order valence-electron chi connectivity index (χ3n) is 4.33. The molecule has 27 heavy (non-hydrogen) atoms. The Morgan fingerprint density at radius 3 is 2.41 bits per heavy atom. The summed E-state index contributed by atoms with van der Waals surface area (Å²) in [5.74, 6) is 0.602. The van der Waals surface area contributed by atoms with Gasteiger partial charge in [-0.25, -0.2) is 8.42 Å². The number of oxazole rings is 1. The van der Waals surface area contributed by atoms with Crippen molar-refractivity contribution in [1.82, 2.24) is 4.98 Å². The highest BCUT2D eigenvalue weighted by atomic mass is 32.2. The highest BCUT2D eigenvalue weighted by Gasteiger charge is 2.34. The summed E-state index contributed by atoms with van der Waals surface area (Å²) in [6, 6.07) is 12.1. The number of anilines is 1. The molecule has 0 radical (unpaired) electrons. The Morgan fingerprint density at radius 1 is 1.07 bits per heavy atom. The number of rotatable bonds is 4. The van der Waals surface area contributed by atoms with Crippen molar-refractivity contribution < 1.29 is 17.6 Å². The number of nitrogens with zero attached hydrogens (tertiary/aromatic N) is 2. The molecule has 0 saturated carbocycles. The number of sulfone groups is 1. The Bertz CT molecular complexity index is 1000. The van der Waals surface area contributed by atoms with Gasteiger partial charge in [0.1, 0.15) is 0 Å². The summed E-state index contributed by atoms with van der Waals surface area (Å²) in [5.41, 5.74) is 0. The van der Waals surface area contributed by atoms with Crippen LogP contribution in [0.1, 0.15) is 13.8 Å². The van der Waals surface area contributed by atoms with Gasteiger partial charge in [0.25, 0.3) is 0 Å². The molecule has 2 aromatic heterocycles. The van der Waals surface area contributed by atoms with Crippen LogP contribution in [0, 0.1) is 0 Å². The van der Waals surface area contributed by atoms with E-state index in [9.17, 15) is 8.42 Å². The topological polar surface area (TPSA) is 72.6 Å². The third kappa shape index (κ3) is 3.52. The fourth-order valence-electron chi connectivity index (χ4n) is 3.23. The van der Waals surface area contributed by atoms with Gasteiger partial charge in [-0.05, 0) is 37.4 Å². The lowest BCUT2D eigenvalue weighted by atomic mass is 10.2. The van der Waals surface area contributed by atoms with Crippen LogP contribution >= 0.6 is 11.3 Å². The molecular weight excluding hydrogens is 384 g/mol. The van der Waals surface area contributed by atoms with Gasteiger partial charge in [0.15, 0.2) is 0 Å². The highest BCUT2D eigenvalue weighted by Crippen LogP contribution is 2.37. The average molecular weight is 405 g/mol. The number of benzene rings is 1. The number of aromatic nitrogens is 1. The lowest BCUT2D eigenvalue weighted by Gasteiger charge is -2.35. The molecule has 2 atom stereocenters. The summed E-state index contributed by atoms with van der Waals surface area (Å²) < 4.78 is 38.3. The van der Waals surface area contributed by atoms with E-state index in [1.165, 1.54) is 11.3 Å². The van der Waals surface area contributed by atoms with Crippen LogP contribution in [-0.2, 0) is 14.6 Å². The van der Waals surface area contributed by atoms with Crippen LogP contribution in [0.3, 0.4) is 0 Å². The van der Waals surface area contributed by atoms with Gasteiger partial charge in [-0.1, -0.05) is 24.3 Å². The first-order valence-electron chi connectivity index (χ1n) is 8.70. The summed E-state index contributed by atoms with van der Waals surface area (Å²) in [6.45, 7) is 5.01. The SMILES string of the molecule is C[C@@H]1CN(c2oc(-c3cccs3)nc2S(=O)(=O)c2ccccc2)C[C@@H](C)O1. The fourth-order valence-corrected chi connectivity index (χ4v) is 5.23. The van der Waals surface area contributed by atoms with E-state index in [2.05, 4.69) is 4.98 Å². The van der Waals surface area contributed by atoms with Crippen LogP contribution in [-0.4, -0.2) is 38.7 Å². The molecule has 1 aliphatic rings. The van der Waals surface area contributed by atoms with Crippen molar-refractivity contribution in [3.63, 3.8) is 0 Å². The minimum Gasteiger partial charge on any atom is -0.418 e. The summed E-state index contributed by atoms with van der Waals surface area (Å²) in [7, 11) is -3.81. The van der Waals surface area contributed by atoms with Crippen LogP contribution in [0.25, 0.3) is 10.8 Å². The largest absolute Gasteiger partial charge is 0.418 e. The molecule has 0 amide bonds. The van der Waals surface area contributed by atoms with Gasteiger partial charge in [0, 0.05) is 13.1 Å².